The Kier molecular flexibility index (Phi) is 7.48. The molecule has 0 unspecified atom stereocenters. The summed E-state index contributed by atoms with van der Waals surface area (Å²) < 4.78 is 108. The molecular formula is C37H11F8N7. The highest BCUT2D eigenvalue weighted by molar-refractivity contribution is 6.08. The van der Waals surface area contributed by atoms with Gasteiger partial charge in [-0.25, -0.2) is 13.8 Å². The molecule has 2 aliphatic carbocycles. The van der Waals surface area contributed by atoms with Crippen LogP contribution in [0.5, 0.6) is 0 Å². The van der Waals surface area contributed by atoms with Crippen molar-refractivity contribution in [2.45, 2.75) is 12.4 Å². The summed E-state index contributed by atoms with van der Waals surface area (Å²) in [6, 6.07) is 16.1. The average molecular weight is 706 g/mol. The Morgan fingerprint density at radius 3 is 1.19 bits per heavy atom. The molecule has 15 heteroatoms. The van der Waals surface area contributed by atoms with Gasteiger partial charge in [0.1, 0.15) is 47.1 Å². The van der Waals surface area contributed by atoms with E-state index in [0.717, 1.165) is 12.1 Å². The maximum atomic E-state index is 14.5. The van der Waals surface area contributed by atoms with Crippen molar-refractivity contribution in [3.8, 4) is 69.0 Å². The number of nitriles is 4. The molecule has 2 aliphatic rings. The van der Waals surface area contributed by atoms with E-state index in [1.165, 1.54) is 24.5 Å². The number of aromatic nitrogens is 3. The fourth-order valence-corrected chi connectivity index (χ4v) is 6.20. The summed E-state index contributed by atoms with van der Waals surface area (Å²) in [6.07, 6.45) is -7.35. The molecule has 0 bridgehead atoms. The van der Waals surface area contributed by atoms with Gasteiger partial charge >= 0.3 is 12.4 Å². The number of nitrogens with zero attached hydrogens (tertiary/aromatic N) is 7. The summed E-state index contributed by atoms with van der Waals surface area (Å²) in [5, 5.41) is 39.6. The average Bonchev–Trinajstić information content (AvgIpc) is 3.58. The normalized spacial score (nSPS) is 12.5. The highest BCUT2D eigenvalue weighted by Gasteiger charge is 2.38. The molecule has 0 atom stereocenters. The Morgan fingerprint density at radius 1 is 0.481 bits per heavy atom. The zero-order valence-corrected chi connectivity index (χ0v) is 25.5. The number of alkyl halides is 6. The van der Waals surface area contributed by atoms with Gasteiger partial charge in [0.2, 0.25) is 0 Å². The second-order valence-corrected chi connectivity index (χ2v) is 11.4. The lowest BCUT2D eigenvalue weighted by Gasteiger charge is -2.11. The van der Waals surface area contributed by atoms with E-state index in [9.17, 15) is 56.2 Å². The van der Waals surface area contributed by atoms with Crippen LogP contribution in [0.25, 0.3) is 55.9 Å². The van der Waals surface area contributed by atoms with Crippen molar-refractivity contribution < 1.29 is 35.1 Å². The molecule has 0 amide bonds. The van der Waals surface area contributed by atoms with Crippen molar-refractivity contribution in [1.29, 1.82) is 21.0 Å². The summed E-state index contributed by atoms with van der Waals surface area (Å²) in [5.74, 6) is -3.06. The number of benzene rings is 2. The van der Waals surface area contributed by atoms with Crippen molar-refractivity contribution in [1.82, 2.24) is 15.0 Å². The standard InChI is InChI=1S/C37H11F8N7/c38-28-7-16(1-3-26(28)36(40,41)42)18-5-22-30(20(10-46)11-47)34-24(32(22)50-14-18)9-25-33-23(31(35(25)52-34)21(12-48)13-49)6-19(15-51-33)17-2-4-27(29(39)8-17)37(43,44)45/h1-9,14-15H. The molecular weight excluding hydrogens is 694 g/mol. The van der Waals surface area contributed by atoms with Crippen LogP contribution in [0, 0.1) is 57.0 Å². The largest absolute Gasteiger partial charge is 0.419 e. The Morgan fingerprint density at radius 2 is 0.865 bits per heavy atom. The molecule has 7 nitrogen and oxygen atoms in total. The number of hydrogen-bond donors (Lipinski definition) is 0. The molecule has 250 valence electrons. The number of pyridine rings is 3. The van der Waals surface area contributed by atoms with Gasteiger partial charge in [0, 0.05) is 56.9 Å². The Bertz CT molecular complexity index is 2470. The van der Waals surface area contributed by atoms with Gasteiger partial charge in [-0.2, -0.15) is 47.4 Å². The zero-order valence-electron chi connectivity index (χ0n) is 25.5. The molecule has 5 aromatic rings. The van der Waals surface area contributed by atoms with Crippen molar-refractivity contribution in [2.75, 3.05) is 0 Å². The minimum absolute atomic E-state index is 0.0155. The molecule has 0 saturated heterocycles. The fourth-order valence-electron chi connectivity index (χ4n) is 6.20. The highest BCUT2D eigenvalue weighted by atomic mass is 19.4. The molecule has 52 heavy (non-hydrogen) atoms. The second kappa shape index (κ2) is 11.7. The molecule has 0 radical (unpaired) electrons. The lowest BCUT2D eigenvalue weighted by molar-refractivity contribution is -0.140. The number of fused-ring (bicyclic) bond motifs is 6. The smallest absolute Gasteiger partial charge is 0.255 e. The van der Waals surface area contributed by atoms with Crippen LogP contribution in [-0.4, -0.2) is 15.0 Å². The van der Waals surface area contributed by atoms with Crippen LogP contribution in [0.3, 0.4) is 0 Å². The molecule has 0 fully saturated rings. The molecule has 2 aromatic carbocycles. The van der Waals surface area contributed by atoms with Crippen LogP contribution in [0.2, 0.25) is 0 Å². The summed E-state index contributed by atoms with van der Waals surface area (Å²) in [6.45, 7) is 0. The Labute approximate surface area is 286 Å². The van der Waals surface area contributed by atoms with Crippen LogP contribution in [-0.2, 0) is 12.4 Å². The van der Waals surface area contributed by atoms with E-state index < -0.39 is 46.3 Å². The summed E-state index contributed by atoms with van der Waals surface area (Å²) in [5.41, 5.74) is -2.22. The maximum absolute atomic E-state index is 14.5. The van der Waals surface area contributed by atoms with E-state index in [4.69, 9.17) is 4.98 Å². The zero-order chi connectivity index (χ0) is 37.3. The first-order valence-electron chi connectivity index (χ1n) is 14.6. The highest BCUT2D eigenvalue weighted by Crippen LogP contribution is 2.52. The third-order valence-corrected chi connectivity index (χ3v) is 8.48. The Balaban J connectivity index is 1.42. The van der Waals surface area contributed by atoms with E-state index in [0.29, 0.717) is 24.3 Å². The maximum Gasteiger partial charge on any atom is 0.419 e. The number of allylic oxidation sites excluding steroid dienone is 2. The van der Waals surface area contributed by atoms with Crippen molar-refractivity contribution in [3.63, 3.8) is 0 Å². The van der Waals surface area contributed by atoms with Gasteiger partial charge in [-0.1, -0.05) is 12.1 Å². The minimum Gasteiger partial charge on any atom is -0.255 e. The third-order valence-electron chi connectivity index (χ3n) is 8.48. The monoisotopic (exact) mass is 705 g/mol. The number of hydrogen-bond acceptors (Lipinski definition) is 7. The summed E-state index contributed by atoms with van der Waals surface area (Å²) >= 11 is 0. The molecule has 0 N–H and O–H groups in total. The van der Waals surface area contributed by atoms with Gasteiger partial charge in [0.05, 0.1) is 33.9 Å². The topological polar surface area (TPSA) is 134 Å². The first-order valence-corrected chi connectivity index (χ1v) is 14.6. The molecule has 3 aromatic heterocycles. The van der Waals surface area contributed by atoms with Gasteiger partial charge in [-0.3, -0.25) is 9.97 Å². The summed E-state index contributed by atoms with van der Waals surface area (Å²) in [4.78, 5) is 13.6. The van der Waals surface area contributed by atoms with Gasteiger partial charge in [0.15, 0.2) is 0 Å². The quantitative estimate of drug-likeness (QED) is 0.129. The predicted octanol–water partition coefficient (Wildman–Crippen LogP) is 9.18. The van der Waals surface area contributed by atoms with Gasteiger partial charge < -0.3 is 0 Å². The van der Waals surface area contributed by atoms with Crippen LogP contribution >= 0.6 is 0 Å². The molecule has 0 saturated carbocycles. The minimum atomic E-state index is -4.93. The van der Waals surface area contributed by atoms with E-state index in [-0.39, 0.29) is 78.4 Å². The van der Waals surface area contributed by atoms with E-state index in [2.05, 4.69) is 9.97 Å². The van der Waals surface area contributed by atoms with Crippen molar-refractivity contribution >= 4 is 11.1 Å². The number of rotatable bonds is 2. The van der Waals surface area contributed by atoms with E-state index >= 15 is 0 Å². The van der Waals surface area contributed by atoms with Crippen LogP contribution < -0.4 is 0 Å². The second-order valence-electron chi connectivity index (χ2n) is 11.4. The van der Waals surface area contributed by atoms with Gasteiger partial charge in [-0.15, -0.1) is 0 Å². The van der Waals surface area contributed by atoms with Crippen LogP contribution in [0.15, 0.2) is 78.1 Å². The molecule has 7 rings (SSSR count). The van der Waals surface area contributed by atoms with E-state index in [1.54, 1.807) is 30.3 Å². The van der Waals surface area contributed by atoms with Crippen LogP contribution in [0.1, 0.15) is 33.6 Å². The fraction of sp³-hybridized carbons (Fsp3) is 0.0541. The lowest BCUT2D eigenvalue weighted by Crippen LogP contribution is -2.07. The SMILES string of the molecule is N#CC(C#N)=C1c2cc(-c3ccc(C(F)(F)F)c(F)c3)cnc2-c2cc3c(nc21)C(=C(C#N)C#N)c1cc(-c2ccc(C(F)(F)F)c(F)c2)cnc1-3. The molecule has 3 heterocycles. The molecule has 0 aliphatic heterocycles. The van der Waals surface area contributed by atoms with Crippen LogP contribution in [0.4, 0.5) is 35.1 Å². The van der Waals surface area contributed by atoms with Gasteiger partial charge in [0.25, 0.3) is 0 Å². The number of halogens is 8. The summed E-state index contributed by atoms with van der Waals surface area (Å²) in [7, 11) is 0. The van der Waals surface area contributed by atoms with E-state index in [1.807, 2.05) is 0 Å². The predicted molar refractivity (Wildman–Crippen MR) is 166 cm³/mol. The third kappa shape index (κ3) is 5.12. The molecule has 0 spiro atoms. The Hall–Kier alpha value is -7.23. The van der Waals surface area contributed by atoms with Gasteiger partial charge in [-0.05, 0) is 53.6 Å². The first-order chi connectivity index (χ1) is 24.7. The van der Waals surface area contributed by atoms with Crippen molar-refractivity contribution in [3.05, 3.63) is 123 Å². The van der Waals surface area contributed by atoms with Crippen molar-refractivity contribution in [2.24, 2.45) is 0 Å². The first kappa shape index (κ1) is 33.3. The lowest BCUT2D eigenvalue weighted by atomic mass is 9.98.